The van der Waals surface area contributed by atoms with Gasteiger partial charge in [-0.25, -0.2) is 0 Å². The Morgan fingerprint density at radius 2 is 1.75 bits per heavy atom. The highest BCUT2D eigenvalue weighted by Crippen LogP contribution is 2.71. The van der Waals surface area contributed by atoms with Crippen molar-refractivity contribution in [2.24, 2.45) is 16.2 Å². The molecule has 0 radical (unpaired) electrons. The molecule has 2 heteroatoms. The van der Waals surface area contributed by atoms with Crippen molar-refractivity contribution in [2.45, 2.75) is 53.0 Å². The Kier molecular flexibility index (Phi) is 2.80. The van der Waals surface area contributed by atoms with Crippen molar-refractivity contribution in [1.29, 1.82) is 0 Å². The molecule has 0 aliphatic heterocycles. The zero-order chi connectivity index (χ0) is 14.6. The Bertz CT molecular complexity index is 536. The van der Waals surface area contributed by atoms with E-state index in [1.54, 1.807) is 0 Å². The van der Waals surface area contributed by atoms with Gasteiger partial charge in [-0.1, -0.05) is 45.9 Å². The Morgan fingerprint density at radius 1 is 1.10 bits per heavy atom. The summed E-state index contributed by atoms with van der Waals surface area (Å²) in [4.78, 5) is 12.4. The molecule has 2 fully saturated rings. The molecular formula is C18H25NO. The van der Waals surface area contributed by atoms with Gasteiger partial charge >= 0.3 is 0 Å². The molecule has 2 aliphatic rings. The van der Waals surface area contributed by atoms with Crippen LogP contribution in [0.15, 0.2) is 30.3 Å². The molecule has 2 bridgehead atoms. The van der Waals surface area contributed by atoms with Gasteiger partial charge in [-0.2, -0.15) is 0 Å². The number of benzene rings is 1. The number of hydrogen-bond acceptors (Lipinski definition) is 1. The van der Waals surface area contributed by atoms with E-state index in [4.69, 9.17) is 0 Å². The van der Waals surface area contributed by atoms with Crippen LogP contribution in [0.4, 0.5) is 0 Å². The molecule has 1 amide bonds. The van der Waals surface area contributed by atoms with Crippen LogP contribution >= 0.6 is 0 Å². The van der Waals surface area contributed by atoms with Gasteiger partial charge < -0.3 is 5.32 Å². The van der Waals surface area contributed by atoms with Gasteiger partial charge in [0, 0.05) is 11.6 Å². The van der Waals surface area contributed by atoms with Gasteiger partial charge in [0.15, 0.2) is 0 Å². The molecule has 1 N–H and O–H groups in total. The van der Waals surface area contributed by atoms with Crippen LogP contribution in [-0.2, 0) is 0 Å². The van der Waals surface area contributed by atoms with Crippen molar-refractivity contribution in [3.05, 3.63) is 35.9 Å². The molecule has 0 aromatic heterocycles. The standard InChI is InChI=1S/C18H25NO/c1-16(2)17(3)10-11-18(16,4)14(12-17)19-15(20)13-8-6-5-7-9-13/h5-9,14H,10-12H2,1-4H3,(H,19,20)/t14-,17-,18+/m0/s1. The molecule has 0 unspecified atom stereocenters. The number of hydrogen-bond donors (Lipinski definition) is 1. The largest absolute Gasteiger partial charge is 0.349 e. The number of carbonyl (C=O) groups is 1. The third-order valence-corrected chi connectivity index (χ3v) is 6.90. The zero-order valence-corrected chi connectivity index (χ0v) is 13.0. The predicted molar refractivity (Wildman–Crippen MR) is 81.5 cm³/mol. The monoisotopic (exact) mass is 271 g/mol. The normalized spacial score (nSPS) is 37.9. The molecule has 3 rings (SSSR count). The van der Waals surface area contributed by atoms with Crippen LogP contribution in [0, 0.1) is 16.2 Å². The minimum atomic E-state index is 0.0729. The van der Waals surface area contributed by atoms with Crippen LogP contribution in [0.25, 0.3) is 0 Å². The maximum Gasteiger partial charge on any atom is 0.251 e. The lowest BCUT2D eigenvalue weighted by atomic mass is 9.65. The Balaban J connectivity index is 1.83. The van der Waals surface area contributed by atoms with Crippen molar-refractivity contribution in [1.82, 2.24) is 5.32 Å². The van der Waals surface area contributed by atoms with E-state index < -0.39 is 0 Å². The average molecular weight is 271 g/mol. The summed E-state index contributed by atoms with van der Waals surface area (Å²) in [6, 6.07) is 9.85. The zero-order valence-electron chi connectivity index (χ0n) is 13.0. The number of fused-ring (bicyclic) bond motifs is 2. The smallest absolute Gasteiger partial charge is 0.251 e. The van der Waals surface area contributed by atoms with Gasteiger partial charge in [-0.3, -0.25) is 4.79 Å². The van der Waals surface area contributed by atoms with Crippen LogP contribution in [0.3, 0.4) is 0 Å². The summed E-state index contributed by atoms with van der Waals surface area (Å²) in [6.07, 6.45) is 3.61. The SMILES string of the molecule is CC1(C)[C@@]2(C)CC[C@]1(C)[C@@H](NC(=O)c1ccccc1)C2. The Morgan fingerprint density at radius 3 is 2.25 bits per heavy atom. The van der Waals surface area contributed by atoms with Gasteiger partial charge in [0.1, 0.15) is 0 Å². The molecule has 108 valence electrons. The fourth-order valence-electron chi connectivity index (χ4n) is 4.53. The van der Waals surface area contributed by atoms with Crippen LogP contribution in [0.5, 0.6) is 0 Å². The number of nitrogens with one attached hydrogen (secondary N) is 1. The highest BCUT2D eigenvalue weighted by atomic mass is 16.1. The summed E-state index contributed by atoms with van der Waals surface area (Å²) < 4.78 is 0. The van der Waals surface area contributed by atoms with Crippen LogP contribution < -0.4 is 5.32 Å². The minimum absolute atomic E-state index is 0.0729. The third-order valence-electron chi connectivity index (χ3n) is 6.90. The van der Waals surface area contributed by atoms with Crippen LogP contribution in [-0.4, -0.2) is 11.9 Å². The Labute approximate surface area is 122 Å². The lowest BCUT2D eigenvalue weighted by Crippen LogP contribution is -2.46. The van der Waals surface area contributed by atoms with E-state index in [1.165, 1.54) is 12.8 Å². The Hall–Kier alpha value is -1.31. The van der Waals surface area contributed by atoms with Gasteiger partial charge in [0.2, 0.25) is 0 Å². The summed E-state index contributed by atoms with van der Waals surface area (Å²) in [7, 11) is 0. The minimum Gasteiger partial charge on any atom is -0.349 e. The molecule has 2 saturated carbocycles. The highest BCUT2D eigenvalue weighted by Gasteiger charge is 2.67. The van der Waals surface area contributed by atoms with E-state index in [1.807, 2.05) is 30.3 Å². The van der Waals surface area contributed by atoms with Gasteiger partial charge in [0.05, 0.1) is 0 Å². The van der Waals surface area contributed by atoms with Crippen LogP contribution in [0.1, 0.15) is 57.3 Å². The number of amides is 1. The van der Waals surface area contributed by atoms with Crippen molar-refractivity contribution < 1.29 is 4.79 Å². The second-order valence-electron chi connectivity index (χ2n) is 7.70. The molecule has 3 atom stereocenters. The first-order valence-electron chi connectivity index (χ1n) is 7.66. The summed E-state index contributed by atoms with van der Waals surface area (Å²) >= 11 is 0. The first-order chi connectivity index (χ1) is 9.30. The van der Waals surface area contributed by atoms with E-state index in [0.29, 0.717) is 11.5 Å². The lowest BCUT2D eigenvalue weighted by Gasteiger charge is -2.40. The molecule has 1 aromatic carbocycles. The first kappa shape index (κ1) is 13.7. The second kappa shape index (κ2) is 4.09. The van der Waals surface area contributed by atoms with E-state index in [9.17, 15) is 4.79 Å². The lowest BCUT2D eigenvalue weighted by molar-refractivity contribution is 0.0771. The molecule has 20 heavy (non-hydrogen) atoms. The van der Waals surface area contributed by atoms with Crippen molar-refractivity contribution >= 4 is 5.91 Å². The van der Waals surface area contributed by atoms with Gasteiger partial charge in [0.25, 0.3) is 5.91 Å². The van der Waals surface area contributed by atoms with E-state index >= 15 is 0 Å². The maximum absolute atomic E-state index is 12.4. The topological polar surface area (TPSA) is 29.1 Å². The van der Waals surface area contributed by atoms with Crippen molar-refractivity contribution in [2.75, 3.05) is 0 Å². The van der Waals surface area contributed by atoms with E-state index in [-0.39, 0.29) is 16.7 Å². The molecular weight excluding hydrogens is 246 g/mol. The van der Waals surface area contributed by atoms with Gasteiger partial charge in [-0.15, -0.1) is 0 Å². The highest BCUT2D eigenvalue weighted by molar-refractivity contribution is 5.94. The molecule has 1 aromatic rings. The molecule has 0 heterocycles. The summed E-state index contributed by atoms with van der Waals surface area (Å²) in [6.45, 7) is 9.53. The summed E-state index contributed by atoms with van der Waals surface area (Å²) in [5.41, 5.74) is 1.62. The van der Waals surface area contributed by atoms with E-state index in [0.717, 1.165) is 12.0 Å². The fourth-order valence-corrected chi connectivity index (χ4v) is 4.53. The molecule has 0 saturated heterocycles. The predicted octanol–water partition coefficient (Wildman–Crippen LogP) is 4.02. The first-order valence-corrected chi connectivity index (χ1v) is 7.66. The second-order valence-corrected chi connectivity index (χ2v) is 7.70. The number of rotatable bonds is 2. The quantitative estimate of drug-likeness (QED) is 0.864. The fraction of sp³-hybridized carbons (Fsp3) is 0.611. The molecule has 2 nitrogen and oxygen atoms in total. The summed E-state index contributed by atoms with van der Waals surface area (Å²) in [5, 5.41) is 3.31. The van der Waals surface area contributed by atoms with E-state index in [2.05, 4.69) is 33.0 Å². The third kappa shape index (κ3) is 1.60. The average Bonchev–Trinajstić information content (AvgIpc) is 2.68. The maximum atomic E-state index is 12.4. The summed E-state index contributed by atoms with van der Waals surface area (Å²) in [5.74, 6) is 0.0729. The van der Waals surface area contributed by atoms with Crippen molar-refractivity contribution in [3.8, 4) is 0 Å². The number of carbonyl (C=O) groups excluding carboxylic acids is 1. The molecule has 2 aliphatic carbocycles. The van der Waals surface area contributed by atoms with Crippen molar-refractivity contribution in [3.63, 3.8) is 0 Å². The van der Waals surface area contributed by atoms with Crippen LogP contribution in [0.2, 0.25) is 0 Å². The van der Waals surface area contributed by atoms with Gasteiger partial charge in [-0.05, 0) is 47.6 Å². The molecule has 0 spiro atoms.